The first-order valence-corrected chi connectivity index (χ1v) is 15.6. The van der Waals surface area contributed by atoms with Crippen LogP contribution in [0.25, 0.3) is 0 Å². The quantitative estimate of drug-likeness (QED) is 0.165. The van der Waals surface area contributed by atoms with Gasteiger partial charge in [-0.15, -0.1) is 0 Å². The van der Waals surface area contributed by atoms with Gasteiger partial charge in [0.2, 0.25) is 0 Å². The lowest BCUT2D eigenvalue weighted by molar-refractivity contribution is -0.197. The first-order chi connectivity index (χ1) is 19.2. The summed E-state index contributed by atoms with van der Waals surface area (Å²) in [5.41, 5.74) is 1.15. The summed E-state index contributed by atoms with van der Waals surface area (Å²) >= 11 is 0. The monoisotopic (exact) mass is 562 g/mol. The van der Waals surface area contributed by atoms with E-state index in [0.717, 1.165) is 64.6 Å². The predicted molar refractivity (Wildman–Crippen MR) is 157 cm³/mol. The molecule has 0 aromatic heterocycles. The largest absolute Gasteiger partial charge is 0.481 e. The highest BCUT2D eigenvalue weighted by Gasteiger charge is 2.43. The van der Waals surface area contributed by atoms with Crippen molar-refractivity contribution >= 4 is 5.97 Å². The number of allylic oxidation sites excluding steroid dienone is 4. The van der Waals surface area contributed by atoms with Gasteiger partial charge in [0.05, 0.1) is 18.3 Å². The summed E-state index contributed by atoms with van der Waals surface area (Å²) in [5, 5.41) is 20.0. The van der Waals surface area contributed by atoms with E-state index in [1.54, 1.807) is 0 Å². The molecule has 7 nitrogen and oxygen atoms in total. The molecular formula is C33H54O7. The smallest absolute Gasteiger partial charge is 0.303 e. The Labute approximate surface area is 242 Å². The van der Waals surface area contributed by atoms with Crippen LogP contribution < -0.4 is 0 Å². The van der Waals surface area contributed by atoms with Gasteiger partial charge in [-0.25, -0.2) is 0 Å². The molecule has 7 heteroatoms. The van der Waals surface area contributed by atoms with E-state index in [0.29, 0.717) is 19.3 Å². The minimum atomic E-state index is -0.766. The molecule has 0 bridgehead atoms. The number of carboxylic acids is 1. The zero-order valence-electron chi connectivity index (χ0n) is 25.3. The Morgan fingerprint density at radius 1 is 1.05 bits per heavy atom. The van der Waals surface area contributed by atoms with Crippen LogP contribution in [0.1, 0.15) is 105 Å². The molecule has 2 heterocycles. The summed E-state index contributed by atoms with van der Waals surface area (Å²) in [6.07, 6.45) is 19.5. The van der Waals surface area contributed by atoms with Crippen LogP contribution in [-0.4, -0.2) is 60.3 Å². The number of carboxylic acid groups (broad SMARTS) is 1. The Balaban J connectivity index is 1.78. The Morgan fingerprint density at radius 3 is 2.38 bits per heavy atom. The van der Waals surface area contributed by atoms with Gasteiger partial charge in [0, 0.05) is 32.0 Å². The molecule has 1 saturated carbocycles. The number of carbonyl (C=O) groups is 1. The number of unbranched alkanes of at least 4 members (excludes halogenated alkanes) is 1. The maximum absolute atomic E-state index is 11.1. The number of rotatable bonds is 15. The fraction of sp³-hybridized carbons (Fsp3) is 0.788. The number of ether oxygens (including phenoxy) is 4. The molecule has 3 fully saturated rings. The minimum absolute atomic E-state index is 0.00744. The molecule has 0 spiro atoms. The summed E-state index contributed by atoms with van der Waals surface area (Å²) in [7, 11) is 0. The average molecular weight is 563 g/mol. The molecule has 3 aliphatic rings. The zero-order valence-corrected chi connectivity index (χ0v) is 25.3. The molecule has 228 valence electrons. The van der Waals surface area contributed by atoms with Crippen molar-refractivity contribution in [2.24, 2.45) is 17.3 Å². The highest BCUT2D eigenvalue weighted by atomic mass is 16.7. The van der Waals surface area contributed by atoms with Crippen molar-refractivity contribution in [3.8, 4) is 0 Å². The second-order valence-corrected chi connectivity index (χ2v) is 12.7. The fourth-order valence-corrected chi connectivity index (χ4v) is 5.87. The minimum Gasteiger partial charge on any atom is -0.481 e. The first-order valence-electron chi connectivity index (χ1n) is 15.6. The normalized spacial score (nSPS) is 30.6. The molecule has 3 rings (SSSR count). The molecule has 0 amide bonds. The average Bonchev–Trinajstić information content (AvgIpc) is 3.21. The second kappa shape index (κ2) is 16.8. The standard InChI is InChI=1S/C33H54O7/c1-24(2)19-20-33(3,4)29(40-32-16-10-12-22-38-32)18-17-26-25(13-7-5-6-8-14-30(35)36)27(34)23-28(26)39-31-15-9-11-21-37-31/h5,7,17-19,25-29,31-32,34H,6,8-16,20-23H2,1-4H3,(H,35,36)/b7-5-,18-17+/t25-,26-,27+,28-,29-,31?,32?/m1/s1. The predicted octanol–water partition coefficient (Wildman–Crippen LogP) is 6.95. The van der Waals surface area contributed by atoms with Gasteiger partial charge in [0.1, 0.15) is 0 Å². The van der Waals surface area contributed by atoms with E-state index in [2.05, 4.69) is 52.0 Å². The lowest BCUT2D eigenvalue weighted by Gasteiger charge is -2.36. The third-order valence-corrected chi connectivity index (χ3v) is 8.44. The zero-order chi connectivity index (χ0) is 29.0. The molecule has 0 aromatic carbocycles. The molecule has 2 aliphatic heterocycles. The summed E-state index contributed by atoms with van der Waals surface area (Å²) in [6.45, 7) is 10.2. The van der Waals surface area contributed by atoms with Crippen LogP contribution in [0.3, 0.4) is 0 Å². The third-order valence-electron chi connectivity index (χ3n) is 8.44. The lowest BCUT2D eigenvalue weighted by atomic mass is 9.81. The fourth-order valence-electron chi connectivity index (χ4n) is 5.87. The summed E-state index contributed by atoms with van der Waals surface area (Å²) in [5.74, 6) is -0.743. The summed E-state index contributed by atoms with van der Waals surface area (Å²) in [6, 6.07) is 0. The summed E-state index contributed by atoms with van der Waals surface area (Å²) < 4.78 is 25.0. The Bertz CT molecular complexity index is 832. The molecular weight excluding hydrogens is 508 g/mol. The Kier molecular flexibility index (Phi) is 13.9. The van der Waals surface area contributed by atoms with E-state index in [9.17, 15) is 9.90 Å². The molecule has 0 aromatic rings. The maximum atomic E-state index is 11.1. The molecule has 2 saturated heterocycles. The van der Waals surface area contributed by atoms with Crippen LogP contribution >= 0.6 is 0 Å². The molecule has 2 unspecified atom stereocenters. The first kappa shape index (κ1) is 33.0. The topological polar surface area (TPSA) is 94.5 Å². The van der Waals surface area contributed by atoms with Crippen molar-refractivity contribution in [2.45, 2.75) is 136 Å². The molecule has 1 aliphatic carbocycles. The van der Waals surface area contributed by atoms with Crippen LogP contribution in [0.4, 0.5) is 0 Å². The van der Waals surface area contributed by atoms with Crippen molar-refractivity contribution in [3.05, 3.63) is 36.0 Å². The van der Waals surface area contributed by atoms with Crippen LogP contribution in [0, 0.1) is 17.3 Å². The van der Waals surface area contributed by atoms with Crippen molar-refractivity contribution in [2.75, 3.05) is 13.2 Å². The number of aliphatic carboxylic acids is 1. The van der Waals surface area contributed by atoms with Crippen molar-refractivity contribution in [1.82, 2.24) is 0 Å². The van der Waals surface area contributed by atoms with Crippen LogP contribution in [-0.2, 0) is 23.7 Å². The van der Waals surface area contributed by atoms with Crippen molar-refractivity contribution in [3.63, 3.8) is 0 Å². The van der Waals surface area contributed by atoms with Gasteiger partial charge in [-0.1, -0.05) is 49.8 Å². The van der Waals surface area contributed by atoms with Crippen molar-refractivity contribution < 1.29 is 34.0 Å². The Hall–Kier alpha value is -1.51. The van der Waals surface area contributed by atoms with E-state index in [4.69, 9.17) is 24.1 Å². The van der Waals surface area contributed by atoms with E-state index < -0.39 is 12.1 Å². The summed E-state index contributed by atoms with van der Waals surface area (Å²) in [4.78, 5) is 10.8. The number of aliphatic hydroxyl groups is 1. The van der Waals surface area contributed by atoms with Gasteiger partial charge in [-0.3, -0.25) is 4.79 Å². The third kappa shape index (κ3) is 11.1. The van der Waals surface area contributed by atoms with Crippen LogP contribution in [0.15, 0.2) is 36.0 Å². The molecule has 40 heavy (non-hydrogen) atoms. The van der Waals surface area contributed by atoms with E-state index in [-0.39, 0.29) is 48.5 Å². The van der Waals surface area contributed by atoms with E-state index in [1.165, 1.54) is 5.57 Å². The van der Waals surface area contributed by atoms with Gasteiger partial charge in [-0.05, 0) is 89.4 Å². The molecule has 0 radical (unpaired) electrons. The molecule has 7 atom stereocenters. The highest BCUT2D eigenvalue weighted by Crippen LogP contribution is 2.41. The second-order valence-electron chi connectivity index (χ2n) is 12.7. The van der Waals surface area contributed by atoms with Crippen LogP contribution in [0.2, 0.25) is 0 Å². The number of hydrogen-bond donors (Lipinski definition) is 2. The van der Waals surface area contributed by atoms with Gasteiger partial charge in [0.15, 0.2) is 12.6 Å². The molecule has 2 N–H and O–H groups in total. The number of hydrogen-bond acceptors (Lipinski definition) is 6. The maximum Gasteiger partial charge on any atom is 0.303 e. The number of aliphatic hydroxyl groups excluding tert-OH is 1. The van der Waals surface area contributed by atoms with Gasteiger partial charge in [0.25, 0.3) is 0 Å². The van der Waals surface area contributed by atoms with Gasteiger partial charge < -0.3 is 29.2 Å². The Morgan fingerprint density at radius 2 is 1.75 bits per heavy atom. The van der Waals surface area contributed by atoms with E-state index in [1.807, 2.05) is 6.08 Å². The van der Waals surface area contributed by atoms with Crippen molar-refractivity contribution in [1.29, 1.82) is 0 Å². The highest BCUT2D eigenvalue weighted by molar-refractivity contribution is 5.66. The van der Waals surface area contributed by atoms with Gasteiger partial charge in [-0.2, -0.15) is 0 Å². The van der Waals surface area contributed by atoms with E-state index >= 15 is 0 Å². The van der Waals surface area contributed by atoms with Crippen LogP contribution in [0.5, 0.6) is 0 Å². The van der Waals surface area contributed by atoms with Gasteiger partial charge >= 0.3 is 5.97 Å². The lowest BCUT2D eigenvalue weighted by Crippen LogP contribution is -2.36. The SMILES string of the molecule is CC(C)=CCC(C)(C)[C@@H](/C=C/[C@@H]1[C@@H](C/C=C\CCCC(=O)O)[C@@H](O)C[C@H]1OC1CCCCO1)OC1CCCCO1.